The van der Waals surface area contributed by atoms with Crippen molar-refractivity contribution in [2.45, 2.75) is 57.4 Å². The van der Waals surface area contributed by atoms with Crippen molar-refractivity contribution in [3.63, 3.8) is 0 Å². The summed E-state index contributed by atoms with van der Waals surface area (Å²) in [5.41, 5.74) is 10.2. The molecule has 5 rings (SSSR count). The summed E-state index contributed by atoms with van der Waals surface area (Å²) < 4.78 is 12.9. The molecule has 0 radical (unpaired) electrons. The van der Waals surface area contributed by atoms with Crippen molar-refractivity contribution in [2.24, 2.45) is 5.92 Å². The fraction of sp³-hybridized carbons (Fsp3) is 0.459. The Morgan fingerprint density at radius 2 is 1.83 bits per heavy atom. The summed E-state index contributed by atoms with van der Waals surface area (Å²) in [4.78, 5) is 32.9. The predicted octanol–water partition coefficient (Wildman–Crippen LogP) is 4.88. The third-order valence-corrected chi connectivity index (χ3v) is 9.19. The Morgan fingerprint density at radius 3 is 2.55 bits per heavy atom. The van der Waals surface area contributed by atoms with Crippen molar-refractivity contribution in [1.82, 2.24) is 9.80 Å². The van der Waals surface area contributed by atoms with Crippen LogP contribution >= 0.6 is 0 Å². The summed E-state index contributed by atoms with van der Waals surface area (Å²) in [5, 5.41) is 13.3. The van der Waals surface area contributed by atoms with Gasteiger partial charge in [-0.25, -0.2) is 0 Å². The predicted molar refractivity (Wildman–Crippen MR) is 186 cm³/mol. The summed E-state index contributed by atoms with van der Waals surface area (Å²) >= 11 is 0. The highest BCUT2D eigenvalue weighted by Crippen LogP contribution is 2.34. The van der Waals surface area contributed by atoms with E-state index < -0.39 is 0 Å². The van der Waals surface area contributed by atoms with Crippen LogP contribution in [0.3, 0.4) is 0 Å². The Labute approximate surface area is 278 Å². The number of fused-ring (bicyclic) bond motifs is 3. The smallest absolute Gasteiger partial charge is 0.258 e. The molecule has 0 saturated carbocycles. The number of benzene rings is 3. The fourth-order valence-electron chi connectivity index (χ4n) is 6.50. The molecule has 2 aliphatic rings. The minimum Gasteiger partial charge on any atom is -0.490 e. The molecule has 3 aromatic carbocycles. The number of carbonyl (C=O) groups is 2. The molecule has 1 fully saturated rings. The number of para-hydroxylation sites is 2. The SMILES string of the molecule is C[C@@H]1CCCCO[C@@H](CN(C)Cc2ccc(C(=O)Nc3ccccc3N)cc2)[C@H]2C[C@@H](CO)N(C2)C(=O)c2cc(N(C)C)ccc2O1. The number of anilines is 3. The maximum Gasteiger partial charge on any atom is 0.258 e. The minimum absolute atomic E-state index is 0.0504. The first-order valence-corrected chi connectivity index (χ1v) is 16.6. The van der Waals surface area contributed by atoms with Crippen LogP contribution in [-0.2, 0) is 11.3 Å². The summed E-state index contributed by atoms with van der Waals surface area (Å²) in [6.07, 6.45) is 3.22. The molecule has 2 amide bonds. The molecule has 47 heavy (non-hydrogen) atoms. The highest BCUT2D eigenvalue weighted by molar-refractivity contribution is 6.05. The van der Waals surface area contributed by atoms with E-state index in [9.17, 15) is 14.7 Å². The molecule has 0 spiro atoms. The third kappa shape index (κ3) is 8.62. The van der Waals surface area contributed by atoms with Crippen molar-refractivity contribution < 1.29 is 24.2 Å². The molecule has 3 aromatic rings. The van der Waals surface area contributed by atoms with Crippen molar-refractivity contribution >= 4 is 28.9 Å². The molecule has 10 heteroatoms. The zero-order chi connectivity index (χ0) is 33.5. The third-order valence-electron chi connectivity index (χ3n) is 9.19. The molecule has 4 N–H and O–H groups in total. The van der Waals surface area contributed by atoms with Gasteiger partial charge in [-0.05, 0) is 87.7 Å². The van der Waals surface area contributed by atoms with Crippen molar-refractivity contribution in [3.8, 4) is 5.75 Å². The first kappa shape index (κ1) is 34.2. The lowest BCUT2D eigenvalue weighted by Crippen LogP contribution is -2.40. The zero-order valence-corrected chi connectivity index (χ0v) is 28.0. The van der Waals surface area contributed by atoms with E-state index in [1.165, 1.54) is 0 Å². The number of ether oxygens (including phenoxy) is 2. The van der Waals surface area contributed by atoms with Gasteiger partial charge in [0.2, 0.25) is 0 Å². The number of hydrogen-bond acceptors (Lipinski definition) is 8. The van der Waals surface area contributed by atoms with Gasteiger partial charge in [-0.3, -0.25) is 14.5 Å². The number of nitrogens with two attached hydrogens (primary N) is 1. The van der Waals surface area contributed by atoms with E-state index in [1.807, 2.05) is 85.4 Å². The largest absolute Gasteiger partial charge is 0.490 e. The second-order valence-electron chi connectivity index (χ2n) is 13.1. The number of nitrogen functional groups attached to an aromatic ring is 1. The van der Waals surface area contributed by atoms with E-state index in [1.54, 1.807) is 12.1 Å². The molecule has 2 heterocycles. The lowest BCUT2D eigenvalue weighted by molar-refractivity contribution is -0.00752. The van der Waals surface area contributed by atoms with Gasteiger partial charge in [0.15, 0.2) is 0 Å². The van der Waals surface area contributed by atoms with Gasteiger partial charge in [0.25, 0.3) is 11.8 Å². The van der Waals surface area contributed by atoms with Crippen LogP contribution < -0.4 is 20.7 Å². The van der Waals surface area contributed by atoms with Crippen LogP contribution in [0, 0.1) is 5.92 Å². The van der Waals surface area contributed by atoms with Gasteiger partial charge >= 0.3 is 0 Å². The Kier molecular flexibility index (Phi) is 11.4. The Morgan fingerprint density at radius 1 is 1.06 bits per heavy atom. The van der Waals surface area contributed by atoms with E-state index in [0.717, 1.165) is 30.5 Å². The molecule has 0 aromatic heterocycles. The second-order valence-corrected chi connectivity index (χ2v) is 13.1. The Bertz CT molecular complexity index is 1510. The fourth-order valence-corrected chi connectivity index (χ4v) is 6.50. The normalized spacial score (nSPS) is 21.9. The van der Waals surface area contributed by atoms with Crippen LogP contribution in [0.25, 0.3) is 0 Å². The lowest BCUT2D eigenvalue weighted by Gasteiger charge is -2.30. The first-order valence-electron chi connectivity index (χ1n) is 16.6. The average molecular weight is 644 g/mol. The van der Waals surface area contributed by atoms with E-state index in [4.69, 9.17) is 15.2 Å². The number of hydrogen-bond donors (Lipinski definition) is 3. The standard InChI is InChI=1S/C37H49N5O5/c1-25-9-7-8-18-46-35(23-41(4)21-26-12-14-27(15-13-26)36(44)39-33-11-6-5-10-32(33)38)28-19-30(24-43)42(22-28)37(45)31-20-29(40(2)3)16-17-34(31)47-25/h5-6,10-17,20,25,28,30,35,43H,7-9,18-19,21-24,38H2,1-4H3,(H,39,44)/t25-,28+,30+,35+/m1/s1. The van der Waals surface area contributed by atoms with Gasteiger partial charge in [-0.2, -0.15) is 0 Å². The number of carbonyl (C=O) groups excluding carboxylic acids is 2. The van der Waals surface area contributed by atoms with Crippen LogP contribution in [0.1, 0.15) is 58.9 Å². The quantitative estimate of drug-likeness (QED) is 0.297. The molecular formula is C37H49N5O5. The van der Waals surface area contributed by atoms with Gasteiger partial charge in [0.1, 0.15) is 5.75 Å². The topological polar surface area (TPSA) is 121 Å². The molecule has 0 aliphatic carbocycles. The molecule has 252 valence electrons. The van der Waals surface area contributed by atoms with Crippen LogP contribution in [0.5, 0.6) is 5.75 Å². The monoisotopic (exact) mass is 643 g/mol. The Balaban J connectivity index is 1.29. The van der Waals surface area contributed by atoms with Crippen LogP contribution in [0.2, 0.25) is 0 Å². The van der Waals surface area contributed by atoms with E-state index in [2.05, 4.69) is 17.3 Å². The molecule has 2 bridgehead atoms. The summed E-state index contributed by atoms with van der Waals surface area (Å²) in [6, 6.07) is 20.2. The van der Waals surface area contributed by atoms with Gasteiger partial charge in [-0.15, -0.1) is 0 Å². The summed E-state index contributed by atoms with van der Waals surface area (Å²) in [5.74, 6) is 0.320. The first-order chi connectivity index (χ1) is 22.6. The van der Waals surface area contributed by atoms with Gasteiger partial charge < -0.3 is 35.4 Å². The van der Waals surface area contributed by atoms with Crippen molar-refractivity contribution in [1.29, 1.82) is 0 Å². The number of amides is 2. The Hall–Kier alpha value is -4.12. The van der Waals surface area contributed by atoms with Gasteiger partial charge in [-0.1, -0.05) is 24.3 Å². The van der Waals surface area contributed by atoms with Crippen molar-refractivity contribution in [2.75, 3.05) is 63.4 Å². The van der Waals surface area contributed by atoms with Gasteiger partial charge in [0.05, 0.1) is 41.8 Å². The van der Waals surface area contributed by atoms with Gasteiger partial charge in [0, 0.05) is 57.5 Å². The molecule has 2 aliphatic heterocycles. The lowest BCUT2D eigenvalue weighted by atomic mass is 9.98. The molecular weight excluding hydrogens is 594 g/mol. The maximum absolute atomic E-state index is 14.1. The van der Waals surface area contributed by atoms with Crippen LogP contribution in [0.15, 0.2) is 66.7 Å². The highest BCUT2D eigenvalue weighted by atomic mass is 16.5. The zero-order valence-electron chi connectivity index (χ0n) is 28.0. The average Bonchev–Trinajstić information content (AvgIpc) is 3.49. The molecule has 1 saturated heterocycles. The van der Waals surface area contributed by atoms with E-state index in [0.29, 0.717) is 60.9 Å². The second kappa shape index (κ2) is 15.6. The number of likely N-dealkylation sites (N-methyl/N-ethyl adjacent to an activating group) is 1. The minimum atomic E-state index is -0.299. The summed E-state index contributed by atoms with van der Waals surface area (Å²) in [7, 11) is 5.97. The summed E-state index contributed by atoms with van der Waals surface area (Å²) in [6.45, 7) is 4.39. The number of nitrogens with one attached hydrogen (secondary N) is 1. The molecule has 10 nitrogen and oxygen atoms in total. The van der Waals surface area contributed by atoms with Crippen molar-refractivity contribution in [3.05, 3.63) is 83.4 Å². The number of aliphatic hydroxyl groups is 1. The number of nitrogens with zero attached hydrogens (tertiary/aromatic N) is 3. The molecule has 0 unspecified atom stereocenters. The highest BCUT2D eigenvalue weighted by Gasteiger charge is 2.40. The number of aliphatic hydroxyl groups excluding tert-OH is 1. The maximum atomic E-state index is 14.1. The van der Waals surface area contributed by atoms with E-state index in [-0.39, 0.29) is 42.6 Å². The van der Waals surface area contributed by atoms with Crippen LogP contribution in [-0.4, -0.2) is 92.4 Å². The van der Waals surface area contributed by atoms with E-state index >= 15 is 0 Å². The van der Waals surface area contributed by atoms with Crippen LogP contribution in [0.4, 0.5) is 17.1 Å². The number of rotatable bonds is 8. The molecule has 4 atom stereocenters.